The molecule has 2 aromatic rings. The second-order valence-corrected chi connectivity index (χ2v) is 5.53. The standard InChI is InChI=1S/C17H17NO2S/c1-2-13-6-5-7-14(12-13)18-17(20)16-10-9-15(21-16)8-3-4-11-19/h5-7,9-10,12,19H,2,4,11H2,1H3,(H,18,20). The van der Waals surface area contributed by atoms with Crippen molar-refractivity contribution in [3.8, 4) is 11.8 Å². The van der Waals surface area contributed by atoms with E-state index in [4.69, 9.17) is 5.11 Å². The SMILES string of the molecule is CCc1cccc(NC(=O)c2ccc(C#CCCO)s2)c1. The average Bonchev–Trinajstić information content (AvgIpc) is 2.97. The summed E-state index contributed by atoms with van der Waals surface area (Å²) in [7, 11) is 0. The van der Waals surface area contributed by atoms with Gasteiger partial charge in [0, 0.05) is 12.1 Å². The lowest BCUT2D eigenvalue weighted by atomic mass is 10.1. The molecule has 0 fully saturated rings. The molecule has 0 unspecified atom stereocenters. The normalized spacial score (nSPS) is 9.81. The monoisotopic (exact) mass is 299 g/mol. The molecule has 1 heterocycles. The van der Waals surface area contributed by atoms with Crippen molar-refractivity contribution in [1.82, 2.24) is 0 Å². The zero-order valence-corrected chi connectivity index (χ0v) is 12.7. The third-order valence-corrected chi connectivity index (χ3v) is 3.87. The highest BCUT2D eigenvalue weighted by atomic mass is 32.1. The second-order valence-electron chi connectivity index (χ2n) is 4.45. The number of benzene rings is 1. The van der Waals surface area contributed by atoms with Crippen molar-refractivity contribution in [2.24, 2.45) is 0 Å². The molecule has 1 aromatic carbocycles. The maximum absolute atomic E-state index is 12.2. The van der Waals surface area contributed by atoms with Crippen molar-refractivity contribution in [2.45, 2.75) is 19.8 Å². The molecule has 1 aromatic heterocycles. The van der Waals surface area contributed by atoms with Gasteiger partial charge in [-0.05, 0) is 36.2 Å². The minimum absolute atomic E-state index is 0.0550. The topological polar surface area (TPSA) is 49.3 Å². The number of rotatable bonds is 4. The molecule has 2 rings (SSSR count). The molecule has 21 heavy (non-hydrogen) atoms. The number of anilines is 1. The second kappa shape index (κ2) is 7.63. The van der Waals surface area contributed by atoms with E-state index in [2.05, 4.69) is 24.1 Å². The summed E-state index contributed by atoms with van der Waals surface area (Å²) in [5, 5.41) is 11.6. The largest absolute Gasteiger partial charge is 0.395 e. The Bertz CT molecular complexity index is 679. The van der Waals surface area contributed by atoms with Crippen LogP contribution >= 0.6 is 11.3 Å². The van der Waals surface area contributed by atoms with Crippen molar-refractivity contribution in [3.05, 3.63) is 51.7 Å². The van der Waals surface area contributed by atoms with Crippen LogP contribution in [-0.4, -0.2) is 17.6 Å². The Labute approximate surface area is 128 Å². The first-order valence-electron chi connectivity index (χ1n) is 6.82. The minimum Gasteiger partial charge on any atom is -0.395 e. The molecule has 2 N–H and O–H groups in total. The third-order valence-electron chi connectivity index (χ3n) is 2.87. The fourth-order valence-corrected chi connectivity index (χ4v) is 2.57. The highest BCUT2D eigenvalue weighted by Crippen LogP contribution is 2.18. The van der Waals surface area contributed by atoms with Crippen LogP contribution in [-0.2, 0) is 6.42 Å². The molecule has 0 aliphatic rings. The lowest BCUT2D eigenvalue weighted by molar-refractivity contribution is 0.103. The predicted octanol–water partition coefficient (Wildman–Crippen LogP) is 3.30. The number of carbonyl (C=O) groups is 1. The smallest absolute Gasteiger partial charge is 0.265 e. The Balaban J connectivity index is 2.05. The van der Waals surface area contributed by atoms with E-state index >= 15 is 0 Å². The van der Waals surface area contributed by atoms with Crippen LogP contribution in [0.1, 0.15) is 33.5 Å². The first-order valence-corrected chi connectivity index (χ1v) is 7.64. The molecule has 0 saturated heterocycles. The summed E-state index contributed by atoms with van der Waals surface area (Å²) < 4.78 is 0. The fraction of sp³-hybridized carbons (Fsp3) is 0.235. The maximum Gasteiger partial charge on any atom is 0.265 e. The Morgan fingerprint density at radius 2 is 2.19 bits per heavy atom. The van der Waals surface area contributed by atoms with Gasteiger partial charge in [-0.25, -0.2) is 0 Å². The summed E-state index contributed by atoms with van der Waals surface area (Å²) in [5.74, 6) is 5.66. The molecule has 0 spiro atoms. The summed E-state index contributed by atoms with van der Waals surface area (Å²) >= 11 is 1.35. The van der Waals surface area contributed by atoms with E-state index in [0.717, 1.165) is 17.0 Å². The number of thiophene rings is 1. The summed E-state index contributed by atoms with van der Waals surface area (Å²) in [6.45, 7) is 2.14. The number of aliphatic hydroxyl groups is 1. The minimum atomic E-state index is -0.122. The van der Waals surface area contributed by atoms with Crippen molar-refractivity contribution in [3.63, 3.8) is 0 Å². The van der Waals surface area contributed by atoms with E-state index in [1.807, 2.05) is 30.3 Å². The Kier molecular flexibility index (Phi) is 5.56. The molecule has 3 nitrogen and oxygen atoms in total. The lowest BCUT2D eigenvalue weighted by Crippen LogP contribution is -2.10. The number of aryl methyl sites for hydroxylation is 1. The van der Waals surface area contributed by atoms with Crippen molar-refractivity contribution >= 4 is 22.9 Å². The van der Waals surface area contributed by atoms with Crippen LogP contribution in [0.5, 0.6) is 0 Å². The Hall–Kier alpha value is -2.09. The highest BCUT2D eigenvalue weighted by molar-refractivity contribution is 7.14. The van der Waals surface area contributed by atoms with Crippen molar-refractivity contribution in [2.75, 3.05) is 11.9 Å². The molecular weight excluding hydrogens is 282 g/mol. The summed E-state index contributed by atoms with van der Waals surface area (Å²) in [5.41, 5.74) is 2.00. The van der Waals surface area contributed by atoms with Gasteiger partial charge < -0.3 is 10.4 Å². The lowest BCUT2D eigenvalue weighted by Gasteiger charge is -2.05. The van der Waals surface area contributed by atoms with Crippen LogP contribution < -0.4 is 5.32 Å². The number of carbonyl (C=O) groups excluding carboxylic acids is 1. The number of hydrogen-bond acceptors (Lipinski definition) is 3. The van der Waals surface area contributed by atoms with E-state index in [1.165, 1.54) is 16.9 Å². The van der Waals surface area contributed by atoms with Gasteiger partial charge >= 0.3 is 0 Å². The molecule has 0 atom stereocenters. The van der Waals surface area contributed by atoms with Gasteiger partial charge in [-0.3, -0.25) is 4.79 Å². The molecular formula is C17H17NO2S. The number of aliphatic hydroxyl groups excluding tert-OH is 1. The summed E-state index contributed by atoms with van der Waals surface area (Å²) in [6.07, 6.45) is 1.39. The summed E-state index contributed by atoms with van der Waals surface area (Å²) in [4.78, 5) is 13.6. The van der Waals surface area contributed by atoms with Crippen LogP contribution in [0, 0.1) is 11.8 Å². The van der Waals surface area contributed by atoms with Crippen LogP contribution in [0.4, 0.5) is 5.69 Å². The summed E-state index contributed by atoms with van der Waals surface area (Å²) in [6, 6.07) is 11.4. The van der Waals surface area contributed by atoms with Gasteiger partial charge in [-0.2, -0.15) is 0 Å². The van der Waals surface area contributed by atoms with E-state index in [1.54, 1.807) is 6.07 Å². The van der Waals surface area contributed by atoms with Gasteiger partial charge in [0.1, 0.15) is 0 Å². The van der Waals surface area contributed by atoms with Gasteiger partial charge in [0.25, 0.3) is 5.91 Å². The number of hydrogen-bond donors (Lipinski definition) is 2. The van der Waals surface area contributed by atoms with Gasteiger partial charge in [0.2, 0.25) is 0 Å². The first-order chi connectivity index (χ1) is 10.2. The van der Waals surface area contributed by atoms with Gasteiger partial charge in [0.05, 0.1) is 16.4 Å². The molecule has 0 radical (unpaired) electrons. The van der Waals surface area contributed by atoms with Gasteiger partial charge in [-0.1, -0.05) is 30.9 Å². The Morgan fingerprint density at radius 3 is 2.95 bits per heavy atom. The van der Waals surface area contributed by atoms with Crippen LogP contribution in [0.25, 0.3) is 0 Å². The van der Waals surface area contributed by atoms with Crippen molar-refractivity contribution < 1.29 is 9.90 Å². The Morgan fingerprint density at radius 1 is 1.33 bits per heavy atom. The van der Waals surface area contributed by atoms with Gasteiger partial charge in [-0.15, -0.1) is 11.3 Å². The number of nitrogens with one attached hydrogen (secondary N) is 1. The van der Waals surface area contributed by atoms with Crippen LogP contribution in [0.15, 0.2) is 36.4 Å². The van der Waals surface area contributed by atoms with Crippen molar-refractivity contribution in [1.29, 1.82) is 0 Å². The zero-order valence-electron chi connectivity index (χ0n) is 11.8. The molecule has 0 bridgehead atoms. The van der Waals surface area contributed by atoms with E-state index < -0.39 is 0 Å². The molecule has 4 heteroatoms. The third kappa shape index (κ3) is 4.45. The predicted molar refractivity (Wildman–Crippen MR) is 86.7 cm³/mol. The molecule has 1 amide bonds. The molecule has 0 aliphatic carbocycles. The van der Waals surface area contributed by atoms with E-state index in [0.29, 0.717) is 11.3 Å². The zero-order chi connectivity index (χ0) is 15.1. The quantitative estimate of drug-likeness (QED) is 0.851. The maximum atomic E-state index is 12.2. The number of amides is 1. The fourth-order valence-electron chi connectivity index (χ4n) is 1.79. The molecule has 0 aliphatic heterocycles. The van der Waals surface area contributed by atoms with Crippen LogP contribution in [0.3, 0.4) is 0 Å². The highest BCUT2D eigenvalue weighted by Gasteiger charge is 2.09. The van der Waals surface area contributed by atoms with Crippen LogP contribution in [0.2, 0.25) is 0 Å². The van der Waals surface area contributed by atoms with E-state index in [9.17, 15) is 4.79 Å². The molecule has 108 valence electrons. The average molecular weight is 299 g/mol. The van der Waals surface area contributed by atoms with Gasteiger partial charge in [0.15, 0.2) is 0 Å². The molecule has 0 saturated carbocycles. The first kappa shape index (κ1) is 15.3. The van der Waals surface area contributed by atoms with E-state index in [-0.39, 0.29) is 12.5 Å².